The number of thiophene rings is 1. The van der Waals surface area contributed by atoms with Gasteiger partial charge in [0.05, 0.1) is 16.1 Å². The lowest BCUT2D eigenvalue weighted by atomic mass is 10.1. The van der Waals surface area contributed by atoms with Crippen LogP contribution in [-0.2, 0) is 19.5 Å². The van der Waals surface area contributed by atoms with Gasteiger partial charge < -0.3 is 9.97 Å². The average molecular weight is 312 g/mol. The first-order chi connectivity index (χ1) is 10.8. The van der Waals surface area contributed by atoms with Crippen molar-refractivity contribution >= 4 is 11.3 Å². The molecule has 0 saturated heterocycles. The van der Waals surface area contributed by atoms with E-state index in [1.807, 2.05) is 29.8 Å². The third-order valence-corrected chi connectivity index (χ3v) is 4.84. The summed E-state index contributed by atoms with van der Waals surface area (Å²) in [6.45, 7) is 2.41. The van der Waals surface area contributed by atoms with Gasteiger partial charge in [0.15, 0.2) is 5.82 Å². The fourth-order valence-corrected chi connectivity index (χ4v) is 3.52. The molecule has 22 heavy (non-hydrogen) atoms. The minimum Gasteiger partial charge on any atom is -0.364 e. The second-order valence-corrected chi connectivity index (χ2v) is 6.42. The second kappa shape index (κ2) is 5.55. The van der Waals surface area contributed by atoms with Crippen LogP contribution in [0.25, 0.3) is 10.7 Å². The molecule has 0 atom stereocenters. The number of nitrogens with zero attached hydrogens (tertiary/aromatic N) is 2. The molecular weight excluding hydrogens is 296 g/mol. The number of fused-ring (bicyclic) bond motifs is 1. The standard InChI is InChI=1S/C16H16N4OS/c21-16-12-10-20(9-11-3-1-6-17-11)7-5-13(12)18-15(19-16)14-4-2-8-22-14/h1-4,6,8,17H,5,7,9-10H2,(H,18,19,21). The lowest BCUT2D eigenvalue weighted by molar-refractivity contribution is 0.239. The summed E-state index contributed by atoms with van der Waals surface area (Å²) in [5.41, 5.74) is 2.90. The third-order valence-electron chi connectivity index (χ3n) is 3.96. The van der Waals surface area contributed by atoms with Crippen LogP contribution >= 0.6 is 11.3 Å². The number of aromatic nitrogens is 3. The van der Waals surface area contributed by atoms with E-state index in [0.717, 1.165) is 35.6 Å². The molecule has 0 fully saturated rings. The van der Waals surface area contributed by atoms with E-state index in [1.54, 1.807) is 11.3 Å². The van der Waals surface area contributed by atoms with Crippen LogP contribution in [-0.4, -0.2) is 26.4 Å². The molecule has 2 N–H and O–H groups in total. The number of nitrogens with one attached hydrogen (secondary N) is 2. The van der Waals surface area contributed by atoms with Gasteiger partial charge in [0.1, 0.15) is 0 Å². The maximum atomic E-state index is 12.4. The SMILES string of the molecule is O=c1[nH]c(-c2cccs2)nc2c1CN(Cc1ccc[nH]1)CC2. The van der Waals surface area contributed by atoms with E-state index in [2.05, 4.69) is 25.9 Å². The largest absolute Gasteiger partial charge is 0.364 e. The molecule has 0 bridgehead atoms. The zero-order valence-corrected chi connectivity index (χ0v) is 12.8. The zero-order chi connectivity index (χ0) is 14.9. The highest BCUT2D eigenvalue weighted by Crippen LogP contribution is 2.22. The molecule has 0 aliphatic carbocycles. The molecule has 4 heterocycles. The summed E-state index contributed by atoms with van der Waals surface area (Å²) in [5.74, 6) is 0.691. The van der Waals surface area contributed by atoms with E-state index in [0.29, 0.717) is 12.4 Å². The van der Waals surface area contributed by atoms with E-state index >= 15 is 0 Å². The van der Waals surface area contributed by atoms with E-state index < -0.39 is 0 Å². The van der Waals surface area contributed by atoms with Gasteiger partial charge in [-0.1, -0.05) is 6.07 Å². The minimum atomic E-state index is -0.00964. The summed E-state index contributed by atoms with van der Waals surface area (Å²) < 4.78 is 0. The molecule has 5 nitrogen and oxygen atoms in total. The fourth-order valence-electron chi connectivity index (χ4n) is 2.85. The predicted molar refractivity (Wildman–Crippen MR) is 86.8 cm³/mol. The second-order valence-electron chi connectivity index (χ2n) is 5.47. The molecule has 3 aromatic heterocycles. The number of aromatic amines is 2. The Morgan fingerprint density at radius 1 is 1.32 bits per heavy atom. The molecule has 1 aliphatic heterocycles. The van der Waals surface area contributed by atoms with Crippen molar-refractivity contribution in [3.63, 3.8) is 0 Å². The summed E-state index contributed by atoms with van der Waals surface area (Å²) in [7, 11) is 0. The van der Waals surface area contributed by atoms with Crippen LogP contribution in [0.15, 0.2) is 40.6 Å². The van der Waals surface area contributed by atoms with E-state index in [4.69, 9.17) is 0 Å². The van der Waals surface area contributed by atoms with Crippen molar-refractivity contribution in [3.05, 3.63) is 63.1 Å². The predicted octanol–water partition coefficient (Wildman–Crippen LogP) is 2.38. The lowest BCUT2D eigenvalue weighted by Gasteiger charge is -2.27. The Kier molecular flexibility index (Phi) is 3.40. The Balaban J connectivity index is 1.61. The highest BCUT2D eigenvalue weighted by molar-refractivity contribution is 7.13. The van der Waals surface area contributed by atoms with Crippen LogP contribution in [0.3, 0.4) is 0 Å². The summed E-state index contributed by atoms with van der Waals surface area (Å²) >= 11 is 1.59. The van der Waals surface area contributed by atoms with Gasteiger partial charge >= 0.3 is 0 Å². The van der Waals surface area contributed by atoms with Crippen molar-refractivity contribution in [1.29, 1.82) is 0 Å². The van der Waals surface area contributed by atoms with Gasteiger partial charge in [-0.05, 0) is 23.6 Å². The van der Waals surface area contributed by atoms with Crippen molar-refractivity contribution in [1.82, 2.24) is 19.9 Å². The quantitative estimate of drug-likeness (QED) is 0.780. The van der Waals surface area contributed by atoms with Crippen molar-refractivity contribution in [2.45, 2.75) is 19.5 Å². The van der Waals surface area contributed by atoms with Gasteiger partial charge in [0, 0.05) is 37.9 Å². The van der Waals surface area contributed by atoms with Crippen LogP contribution in [0.4, 0.5) is 0 Å². The van der Waals surface area contributed by atoms with Crippen LogP contribution in [0.2, 0.25) is 0 Å². The molecule has 6 heteroatoms. The molecule has 112 valence electrons. The summed E-state index contributed by atoms with van der Waals surface area (Å²) in [5, 5.41) is 1.99. The number of H-pyrrole nitrogens is 2. The summed E-state index contributed by atoms with van der Waals surface area (Å²) in [6, 6.07) is 8.01. The maximum absolute atomic E-state index is 12.4. The Morgan fingerprint density at radius 2 is 2.27 bits per heavy atom. The molecule has 0 spiro atoms. The molecule has 4 rings (SSSR count). The van der Waals surface area contributed by atoms with Gasteiger partial charge in [0.25, 0.3) is 5.56 Å². The topological polar surface area (TPSA) is 64.8 Å². The maximum Gasteiger partial charge on any atom is 0.255 e. The highest BCUT2D eigenvalue weighted by atomic mass is 32.1. The lowest BCUT2D eigenvalue weighted by Crippen LogP contribution is -2.35. The molecule has 0 aromatic carbocycles. The van der Waals surface area contributed by atoms with E-state index in [1.165, 1.54) is 5.69 Å². The normalized spacial score (nSPS) is 14.9. The van der Waals surface area contributed by atoms with Crippen molar-refractivity contribution in [2.24, 2.45) is 0 Å². The van der Waals surface area contributed by atoms with Crippen LogP contribution in [0.5, 0.6) is 0 Å². The van der Waals surface area contributed by atoms with Crippen molar-refractivity contribution in [3.8, 4) is 10.7 Å². The van der Waals surface area contributed by atoms with Crippen LogP contribution in [0.1, 0.15) is 17.0 Å². The smallest absolute Gasteiger partial charge is 0.255 e. The first-order valence-electron chi connectivity index (χ1n) is 7.30. The van der Waals surface area contributed by atoms with Crippen LogP contribution < -0.4 is 5.56 Å². The summed E-state index contributed by atoms with van der Waals surface area (Å²) in [6.07, 6.45) is 2.74. The molecular formula is C16H16N4OS. The van der Waals surface area contributed by atoms with Crippen molar-refractivity contribution < 1.29 is 0 Å². The average Bonchev–Trinajstić information content (AvgIpc) is 3.20. The first kappa shape index (κ1) is 13.5. The van der Waals surface area contributed by atoms with E-state index in [-0.39, 0.29) is 5.56 Å². The van der Waals surface area contributed by atoms with E-state index in [9.17, 15) is 4.79 Å². The van der Waals surface area contributed by atoms with Gasteiger partial charge in [-0.15, -0.1) is 11.3 Å². The molecule has 0 radical (unpaired) electrons. The Hall–Kier alpha value is -2.18. The highest BCUT2D eigenvalue weighted by Gasteiger charge is 2.21. The molecule has 0 amide bonds. The van der Waals surface area contributed by atoms with Gasteiger partial charge in [-0.3, -0.25) is 9.69 Å². The fraction of sp³-hybridized carbons (Fsp3) is 0.250. The van der Waals surface area contributed by atoms with Crippen molar-refractivity contribution in [2.75, 3.05) is 6.54 Å². The Labute approximate surface area is 131 Å². The van der Waals surface area contributed by atoms with Gasteiger partial charge in [-0.2, -0.15) is 0 Å². The molecule has 1 aliphatic rings. The first-order valence-corrected chi connectivity index (χ1v) is 8.18. The summed E-state index contributed by atoms with van der Waals surface area (Å²) in [4.78, 5) is 26.5. The molecule has 0 unspecified atom stereocenters. The van der Waals surface area contributed by atoms with Gasteiger partial charge in [-0.25, -0.2) is 4.98 Å². The molecule has 3 aromatic rings. The number of hydrogen-bond donors (Lipinski definition) is 2. The number of rotatable bonds is 3. The monoisotopic (exact) mass is 312 g/mol. The zero-order valence-electron chi connectivity index (χ0n) is 12.0. The molecule has 0 saturated carbocycles. The Morgan fingerprint density at radius 3 is 3.05 bits per heavy atom. The number of hydrogen-bond acceptors (Lipinski definition) is 4. The third kappa shape index (κ3) is 2.51. The van der Waals surface area contributed by atoms with Crippen LogP contribution in [0, 0.1) is 0 Å². The Bertz CT molecular complexity index is 820. The minimum absolute atomic E-state index is 0.00964. The van der Waals surface area contributed by atoms with Gasteiger partial charge in [0.2, 0.25) is 0 Å².